The molecule has 0 bridgehead atoms. The molecule has 0 radical (unpaired) electrons. The number of nitrogens with zero attached hydrogens (tertiary/aromatic N) is 3. The van der Waals surface area contributed by atoms with Gasteiger partial charge in [-0.1, -0.05) is 13.3 Å². The SMILES string of the molecule is CCNC1CCCCc2cn(Cc3cncn3CC)cc21. The Morgan fingerprint density at radius 1 is 1.29 bits per heavy atom. The standard InChI is InChI=1S/C17H26N4/c1-3-19-17-8-6-5-7-14-10-20(12-16(14)17)11-15-9-18-13-21(15)4-2/h9-10,12-13,17,19H,3-8,11H2,1-2H3. The quantitative estimate of drug-likeness (QED) is 0.857. The summed E-state index contributed by atoms with van der Waals surface area (Å²) in [6, 6.07) is 0.532. The van der Waals surface area contributed by atoms with Gasteiger partial charge in [-0.2, -0.15) is 0 Å². The number of aryl methyl sites for hydroxylation is 2. The third-order valence-corrected chi connectivity index (χ3v) is 4.50. The summed E-state index contributed by atoms with van der Waals surface area (Å²) in [6.07, 6.45) is 13.7. The van der Waals surface area contributed by atoms with E-state index in [1.54, 1.807) is 0 Å². The van der Waals surface area contributed by atoms with E-state index >= 15 is 0 Å². The van der Waals surface area contributed by atoms with Crippen LogP contribution in [-0.4, -0.2) is 20.7 Å². The molecular weight excluding hydrogens is 260 g/mol. The van der Waals surface area contributed by atoms with Crippen molar-refractivity contribution in [2.24, 2.45) is 0 Å². The van der Waals surface area contributed by atoms with Crippen molar-refractivity contribution in [1.29, 1.82) is 0 Å². The first-order chi connectivity index (χ1) is 10.3. The molecule has 0 amide bonds. The Kier molecular flexibility index (Phi) is 4.44. The van der Waals surface area contributed by atoms with Crippen LogP contribution in [0.3, 0.4) is 0 Å². The van der Waals surface area contributed by atoms with Crippen LogP contribution < -0.4 is 5.32 Å². The Bertz CT molecular complexity index is 581. The molecule has 1 aliphatic carbocycles. The molecular formula is C17H26N4. The molecule has 2 heterocycles. The summed E-state index contributed by atoms with van der Waals surface area (Å²) in [5.74, 6) is 0. The lowest BCUT2D eigenvalue weighted by Gasteiger charge is -2.15. The molecule has 4 heteroatoms. The molecule has 0 saturated heterocycles. The zero-order valence-corrected chi connectivity index (χ0v) is 13.2. The van der Waals surface area contributed by atoms with Crippen molar-refractivity contribution >= 4 is 0 Å². The summed E-state index contributed by atoms with van der Waals surface area (Å²) in [4.78, 5) is 4.27. The van der Waals surface area contributed by atoms with E-state index in [9.17, 15) is 0 Å². The molecule has 0 aliphatic heterocycles. The molecule has 0 saturated carbocycles. The first kappa shape index (κ1) is 14.4. The van der Waals surface area contributed by atoms with Crippen LogP contribution in [0.4, 0.5) is 0 Å². The summed E-state index contributed by atoms with van der Waals surface area (Å²) in [5.41, 5.74) is 4.32. The minimum absolute atomic E-state index is 0.532. The van der Waals surface area contributed by atoms with Gasteiger partial charge in [0, 0.05) is 31.2 Å². The third kappa shape index (κ3) is 3.05. The fraction of sp³-hybridized carbons (Fsp3) is 0.588. The Hall–Kier alpha value is -1.55. The van der Waals surface area contributed by atoms with Gasteiger partial charge in [0.15, 0.2) is 0 Å². The minimum Gasteiger partial charge on any atom is -0.348 e. The molecule has 114 valence electrons. The van der Waals surface area contributed by atoms with Gasteiger partial charge >= 0.3 is 0 Å². The maximum Gasteiger partial charge on any atom is 0.0948 e. The van der Waals surface area contributed by atoms with Gasteiger partial charge in [0.05, 0.1) is 18.6 Å². The summed E-state index contributed by atoms with van der Waals surface area (Å²) in [7, 11) is 0. The number of imidazole rings is 1. The maximum atomic E-state index is 4.27. The molecule has 3 rings (SSSR count). The van der Waals surface area contributed by atoms with Gasteiger partial charge in [-0.25, -0.2) is 4.98 Å². The predicted octanol–water partition coefficient (Wildman–Crippen LogP) is 3.13. The average molecular weight is 286 g/mol. The van der Waals surface area contributed by atoms with Crippen LogP contribution in [0.5, 0.6) is 0 Å². The molecule has 1 aliphatic rings. The summed E-state index contributed by atoms with van der Waals surface area (Å²) < 4.78 is 4.55. The average Bonchev–Trinajstić information content (AvgIpc) is 3.05. The first-order valence-corrected chi connectivity index (χ1v) is 8.22. The summed E-state index contributed by atoms with van der Waals surface area (Å²) in [6.45, 7) is 7.30. The van der Waals surface area contributed by atoms with Crippen LogP contribution >= 0.6 is 0 Å². The zero-order valence-electron chi connectivity index (χ0n) is 13.2. The van der Waals surface area contributed by atoms with Gasteiger partial charge in [0.25, 0.3) is 0 Å². The first-order valence-electron chi connectivity index (χ1n) is 8.22. The van der Waals surface area contributed by atoms with Gasteiger partial charge in [-0.15, -0.1) is 0 Å². The van der Waals surface area contributed by atoms with Crippen LogP contribution in [0.25, 0.3) is 0 Å². The Balaban J connectivity index is 1.83. The van der Waals surface area contributed by atoms with E-state index in [0.29, 0.717) is 6.04 Å². The third-order valence-electron chi connectivity index (χ3n) is 4.50. The highest BCUT2D eigenvalue weighted by atomic mass is 15.1. The van der Waals surface area contributed by atoms with Crippen LogP contribution in [0.1, 0.15) is 56.0 Å². The van der Waals surface area contributed by atoms with E-state index in [4.69, 9.17) is 0 Å². The van der Waals surface area contributed by atoms with E-state index in [1.165, 1.54) is 42.5 Å². The van der Waals surface area contributed by atoms with E-state index in [1.807, 2.05) is 12.5 Å². The molecule has 1 unspecified atom stereocenters. The monoisotopic (exact) mass is 286 g/mol. The van der Waals surface area contributed by atoms with E-state index in [-0.39, 0.29) is 0 Å². The normalized spacial score (nSPS) is 18.5. The van der Waals surface area contributed by atoms with Crippen molar-refractivity contribution in [1.82, 2.24) is 19.4 Å². The number of rotatable bonds is 5. The summed E-state index contributed by atoms with van der Waals surface area (Å²) in [5, 5.41) is 3.64. The van der Waals surface area contributed by atoms with Gasteiger partial charge in [0.1, 0.15) is 0 Å². The van der Waals surface area contributed by atoms with Gasteiger partial charge < -0.3 is 14.5 Å². The number of nitrogens with one attached hydrogen (secondary N) is 1. The lowest BCUT2D eigenvalue weighted by atomic mass is 10.0. The number of hydrogen-bond acceptors (Lipinski definition) is 2. The van der Waals surface area contributed by atoms with E-state index in [0.717, 1.165) is 19.6 Å². The molecule has 2 aromatic rings. The number of hydrogen-bond donors (Lipinski definition) is 1. The minimum atomic E-state index is 0.532. The molecule has 0 fully saturated rings. The second-order valence-corrected chi connectivity index (χ2v) is 5.94. The number of fused-ring (bicyclic) bond motifs is 1. The van der Waals surface area contributed by atoms with E-state index < -0.39 is 0 Å². The highest BCUT2D eigenvalue weighted by molar-refractivity contribution is 5.29. The van der Waals surface area contributed by atoms with Crippen molar-refractivity contribution in [3.05, 3.63) is 41.7 Å². The molecule has 4 nitrogen and oxygen atoms in total. The van der Waals surface area contributed by atoms with Crippen molar-refractivity contribution in [2.45, 2.75) is 58.7 Å². The van der Waals surface area contributed by atoms with Crippen molar-refractivity contribution < 1.29 is 0 Å². The van der Waals surface area contributed by atoms with Crippen LogP contribution in [-0.2, 0) is 19.5 Å². The maximum absolute atomic E-state index is 4.27. The fourth-order valence-corrected chi connectivity index (χ4v) is 3.42. The van der Waals surface area contributed by atoms with E-state index in [2.05, 4.69) is 45.7 Å². The van der Waals surface area contributed by atoms with Crippen molar-refractivity contribution in [3.63, 3.8) is 0 Å². The molecule has 2 aromatic heterocycles. The van der Waals surface area contributed by atoms with Crippen LogP contribution in [0.15, 0.2) is 24.9 Å². The van der Waals surface area contributed by atoms with Gasteiger partial charge in [-0.3, -0.25) is 0 Å². The smallest absolute Gasteiger partial charge is 0.0948 e. The zero-order chi connectivity index (χ0) is 14.7. The summed E-state index contributed by atoms with van der Waals surface area (Å²) >= 11 is 0. The largest absolute Gasteiger partial charge is 0.348 e. The van der Waals surface area contributed by atoms with Crippen LogP contribution in [0.2, 0.25) is 0 Å². The van der Waals surface area contributed by atoms with Gasteiger partial charge in [-0.05, 0) is 43.9 Å². The lowest BCUT2D eigenvalue weighted by molar-refractivity contribution is 0.502. The Morgan fingerprint density at radius 3 is 3.00 bits per heavy atom. The molecule has 21 heavy (non-hydrogen) atoms. The predicted molar refractivity (Wildman–Crippen MR) is 85.4 cm³/mol. The molecule has 0 spiro atoms. The van der Waals surface area contributed by atoms with Gasteiger partial charge in [0.2, 0.25) is 0 Å². The number of aromatic nitrogens is 3. The molecule has 1 atom stereocenters. The van der Waals surface area contributed by atoms with Crippen LogP contribution in [0, 0.1) is 0 Å². The lowest BCUT2D eigenvalue weighted by Crippen LogP contribution is -2.20. The Morgan fingerprint density at radius 2 is 2.19 bits per heavy atom. The highest BCUT2D eigenvalue weighted by Crippen LogP contribution is 2.29. The highest BCUT2D eigenvalue weighted by Gasteiger charge is 2.20. The molecule has 1 N–H and O–H groups in total. The second-order valence-electron chi connectivity index (χ2n) is 5.94. The topological polar surface area (TPSA) is 34.8 Å². The second kappa shape index (κ2) is 6.48. The van der Waals surface area contributed by atoms with Crippen molar-refractivity contribution in [3.8, 4) is 0 Å². The molecule has 0 aromatic carbocycles. The van der Waals surface area contributed by atoms with Crippen molar-refractivity contribution in [2.75, 3.05) is 6.54 Å². The fourth-order valence-electron chi connectivity index (χ4n) is 3.42. The Labute approximate surface area is 127 Å².